The zero-order chi connectivity index (χ0) is 17.6. The highest BCUT2D eigenvalue weighted by molar-refractivity contribution is 7.99. The van der Waals surface area contributed by atoms with Crippen LogP contribution in [-0.2, 0) is 9.59 Å². The van der Waals surface area contributed by atoms with E-state index < -0.39 is 0 Å². The van der Waals surface area contributed by atoms with Crippen molar-refractivity contribution in [2.75, 3.05) is 12.3 Å². The lowest BCUT2D eigenvalue weighted by Crippen LogP contribution is -2.30. The molecule has 0 aromatic carbocycles. The molecule has 5 nitrogen and oxygen atoms in total. The molecule has 0 bridgehead atoms. The molecular formula is C19H24ClN3O2S. The van der Waals surface area contributed by atoms with Gasteiger partial charge in [0.25, 0.3) is 5.91 Å². The van der Waals surface area contributed by atoms with E-state index in [1.54, 1.807) is 18.0 Å². The first-order chi connectivity index (χ1) is 12.2. The fourth-order valence-electron chi connectivity index (χ4n) is 2.91. The lowest BCUT2D eigenvalue weighted by atomic mass is 10.1. The predicted octanol–water partition coefficient (Wildman–Crippen LogP) is 4.11. The topological polar surface area (TPSA) is 54.7 Å². The van der Waals surface area contributed by atoms with Gasteiger partial charge < -0.3 is 0 Å². The van der Waals surface area contributed by atoms with Crippen molar-refractivity contribution in [1.29, 1.82) is 0 Å². The molecule has 0 unspecified atom stereocenters. The molecule has 1 fully saturated rings. The molecule has 0 saturated carbocycles. The molecule has 3 rings (SSSR count). The van der Waals surface area contributed by atoms with Gasteiger partial charge in [0.05, 0.1) is 11.4 Å². The number of imide groups is 1. The van der Waals surface area contributed by atoms with Gasteiger partial charge in [-0.3, -0.25) is 18.9 Å². The highest BCUT2D eigenvalue weighted by Crippen LogP contribution is 2.22. The molecule has 0 spiro atoms. The second-order valence-corrected chi connectivity index (χ2v) is 7.24. The van der Waals surface area contributed by atoms with E-state index >= 15 is 0 Å². The summed E-state index contributed by atoms with van der Waals surface area (Å²) in [5.74, 6) is 0.809. The maximum Gasteiger partial charge on any atom is 0.256 e. The third-order valence-electron chi connectivity index (χ3n) is 4.26. The Balaban J connectivity index is 0.00000243. The van der Waals surface area contributed by atoms with E-state index in [1.807, 2.05) is 24.4 Å². The number of rotatable bonds is 8. The smallest absolute Gasteiger partial charge is 0.256 e. The quantitative estimate of drug-likeness (QED) is 0.293. The van der Waals surface area contributed by atoms with Gasteiger partial charge >= 0.3 is 0 Å². The van der Waals surface area contributed by atoms with Gasteiger partial charge in [0.1, 0.15) is 5.65 Å². The second-order valence-electron chi connectivity index (χ2n) is 6.12. The van der Waals surface area contributed by atoms with Gasteiger partial charge in [-0.1, -0.05) is 25.5 Å². The van der Waals surface area contributed by atoms with E-state index in [1.165, 1.54) is 4.90 Å². The Morgan fingerprint density at radius 3 is 2.92 bits per heavy atom. The molecule has 1 aliphatic heterocycles. The van der Waals surface area contributed by atoms with Gasteiger partial charge in [0.2, 0.25) is 5.91 Å². The average Bonchev–Trinajstić information content (AvgIpc) is 3.19. The summed E-state index contributed by atoms with van der Waals surface area (Å²) in [5, 5.41) is 1.16. The van der Waals surface area contributed by atoms with Crippen LogP contribution in [0.3, 0.4) is 0 Å². The van der Waals surface area contributed by atoms with Gasteiger partial charge in [-0.2, -0.15) is 0 Å². The fraction of sp³-hybridized carbons (Fsp3) is 0.421. The summed E-state index contributed by atoms with van der Waals surface area (Å²) in [4.78, 5) is 30.0. The summed E-state index contributed by atoms with van der Waals surface area (Å²) in [6.45, 7) is 2.59. The number of halogens is 1. The molecule has 0 radical (unpaired) electrons. The van der Waals surface area contributed by atoms with Crippen LogP contribution in [0.25, 0.3) is 5.65 Å². The molecular weight excluding hydrogens is 370 g/mol. The molecule has 1 aliphatic rings. The molecule has 2 aromatic heterocycles. The van der Waals surface area contributed by atoms with Crippen molar-refractivity contribution in [2.45, 2.75) is 44.1 Å². The van der Waals surface area contributed by atoms with Crippen molar-refractivity contribution in [1.82, 2.24) is 14.3 Å². The average molecular weight is 394 g/mol. The van der Waals surface area contributed by atoms with Crippen molar-refractivity contribution in [2.24, 2.45) is 0 Å². The minimum Gasteiger partial charge on any atom is -0.294 e. The number of imidazole rings is 1. The number of nitrogens with zero attached hydrogens (tertiary/aromatic N) is 3. The zero-order valence-electron chi connectivity index (χ0n) is 14.9. The van der Waals surface area contributed by atoms with Crippen LogP contribution in [0.1, 0.15) is 39.0 Å². The van der Waals surface area contributed by atoms with Crippen LogP contribution < -0.4 is 0 Å². The van der Waals surface area contributed by atoms with E-state index in [4.69, 9.17) is 0 Å². The number of amides is 2. The summed E-state index contributed by atoms with van der Waals surface area (Å²) in [6, 6.07) is 6.08. The third kappa shape index (κ3) is 4.68. The van der Waals surface area contributed by atoms with E-state index in [0.29, 0.717) is 12.1 Å². The molecule has 7 heteroatoms. The van der Waals surface area contributed by atoms with Crippen molar-refractivity contribution in [3.63, 3.8) is 0 Å². The number of hydrogen-bond acceptors (Lipinski definition) is 4. The van der Waals surface area contributed by atoms with Crippen molar-refractivity contribution >= 4 is 41.6 Å². The number of unbranched alkanes of at least 4 members (excludes halogenated alkanes) is 2. The molecule has 2 aromatic rings. The maximum atomic E-state index is 12.2. The van der Waals surface area contributed by atoms with E-state index in [9.17, 15) is 9.59 Å². The highest BCUT2D eigenvalue weighted by Gasteiger charge is 2.32. The molecule has 0 aliphatic carbocycles. The maximum absolute atomic E-state index is 12.2. The number of carbonyl (C=O) groups excluding carboxylic acids is 2. The van der Waals surface area contributed by atoms with Crippen LogP contribution in [0, 0.1) is 0 Å². The Morgan fingerprint density at radius 1 is 1.27 bits per heavy atom. The number of likely N-dealkylation sites (tertiary alicyclic amines) is 1. The Hall–Kier alpha value is -1.79. The van der Waals surface area contributed by atoms with Gasteiger partial charge in [-0.05, 0) is 37.1 Å². The standard InChI is InChI=1S/C19H23N3O2S.ClH/c1-2-3-7-15-14-17(23)22(19(15)24)11-4-5-13-25-18-9-6-8-16-20-10-12-21(16)18;/h6-10,12H,2-5,11,13-14H2,1H3;1H. The van der Waals surface area contributed by atoms with Gasteiger partial charge in [-0.25, -0.2) is 4.98 Å². The number of thioether (sulfide) groups is 1. The first-order valence-corrected chi connectivity index (χ1v) is 9.78. The minimum atomic E-state index is -0.0886. The monoisotopic (exact) mass is 393 g/mol. The second kappa shape index (κ2) is 9.78. The molecule has 0 N–H and O–H groups in total. The van der Waals surface area contributed by atoms with Crippen molar-refractivity contribution in [3.8, 4) is 0 Å². The minimum absolute atomic E-state index is 0. The first kappa shape index (κ1) is 20.5. The molecule has 140 valence electrons. The number of aromatic nitrogens is 2. The van der Waals surface area contributed by atoms with E-state index in [-0.39, 0.29) is 30.6 Å². The normalized spacial score (nSPS) is 15.9. The third-order valence-corrected chi connectivity index (χ3v) is 5.38. The summed E-state index contributed by atoms with van der Waals surface area (Å²) in [5.41, 5.74) is 1.62. The largest absolute Gasteiger partial charge is 0.294 e. The lowest BCUT2D eigenvalue weighted by Gasteiger charge is -2.13. The predicted molar refractivity (Wildman–Crippen MR) is 107 cm³/mol. The van der Waals surface area contributed by atoms with Crippen molar-refractivity contribution in [3.05, 3.63) is 42.2 Å². The van der Waals surface area contributed by atoms with Crippen LogP contribution in [0.2, 0.25) is 0 Å². The van der Waals surface area contributed by atoms with Crippen LogP contribution in [0.5, 0.6) is 0 Å². The Labute approximate surface area is 164 Å². The number of carbonyl (C=O) groups is 2. The molecule has 1 saturated heterocycles. The molecule has 3 heterocycles. The Bertz CT molecular complexity index is 803. The van der Waals surface area contributed by atoms with Gasteiger partial charge in [0, 0.05) is 24.5 Å². The summed E-state index contributed by atoms with van der Waals surface area (Å²) in [6.07, 6.45) is 9.60. The van der Waals surface area contributed by atoms with Crippen LogP contribution in [-0.4, -0.2) is 38.4 Å². The molecule has 0 atom stereocenters. The number of hydrogen-bond donors (Lipinski definition) is 0. The van der Waals surface area contributed by atoms with Crippen LogP contribution in [0.15, 0.2) is 47.3 Å². The van der Waals surface area contributed by atoms with Gasteiger partial charge in [0.15, 0.2) is 0 Å². The van der Waals surface area contributed by atoms with Gasteiger partial charge in [-0.15, -0.1) is 24.2 Å². The summed E-state index contributed by atoms with van der Waals surface area (Å²) < 4.78 is 2.07. The Kier molecular flexibility index (Phi) is 7.72. The zero-order valence-corrected chi connectivity index (χ0v) is 16.5. The number of fused-ring (bicyclic) bond motifs is 1. The van der Waals surface area contributed by atoms with Crippen LogP contribution >= 0.6 is 24.2 Å². The van der Waals surface area contributed by atoms with Crippen LogP contribution in [0.4, 0.5) is 0 Å². The number of allylic oxidation sites excluding steroid dienone is 1. The lowest BCUT2D eigenvalue weighted by molar-refractivity contribution is -0.137. The first-order valence-electron chi connectivity index (χ1n) is 8.79. The molecule has 26 heavy (non-hydrogen) atoms. The molecule has 2 amide bonds. The fourth-order valence-corrected chi connectivity index (χ4v) is 3.94. The highest BCUT2D eigenvalue weighted by atomic mass is 35.5. The van der Waals surface area contributed by atoms with Crippen molar-refractivity contribution < 1.29 is 9.59 Å². The van der Waals surface area contributed by atoms with E-state index in [0.717, 1.165) is 42.1 Å². The summed E-state index contributed by atoms with van der Waals surface area (Å²) in [7, 11) is 0. The Morgan fingerprint density at radius 2 is 2.12 bits per heavy atom. The summed E-state index contributed by atoms with van der Waals surface area (Å²) >= 11 is 1.77. The number of pyridine rings is 1. The van der Waals surface area contributed by atoms with E-state index in [2.05, 4.69) is 22.4 Å². The SMILES string of the molecule is CCCC=C1CC(=O)N(CCCCSc2cccc3nccn23)C1=O.Cl.